The van der Waals surface area contributed by atoms with E-state index < -0.39 is 12.6 Å². The summed E-state index contributed by atoms with van der Waals surface area (Å²) in [5.41, 5.74) is 0. The van der Waals surface area contributed by atoms with Crippen LogP contribution in [0.15, 0.2) is 0 Å². The second-order valence-corrected chi connectivity index (χ2v) is 3.82. The monoisotopic (exact) mass is 209 g/mol. The molecule has 0 amide bonds. The van der Waals surface area contributed by atoms with E-state index >= 15 is 0 Å². The Morgan fingerprint density at radius 1 is 1.43 bits per heavy atom. The normalized spacial score (nSPS) is 28.0. The Bertz CT molecular complexity index is 215. The largest absolute Gasteiger partial charge is 0.389 e. The lowest BCUT2D eigenvalue weighted by Crippen LogP contribution is -2.23. The van der Waals surface area contributed by atoms with Gasteiger partial charge in [-0.1, -0.05) is 6.92 Å². The van der Waals surface area contributed by atoms with Crippen molar-refractivity contribution in [3.8, 4) is 0 Å². The van der Waals surface area contributed by atoms with Crippen LogP contribution in [0.1, 0.15) is 19.8 Å². The summed E-state index contributed by atoms with van der Waals surface area (Å²) in [6.45, 7) is 3.14. The minimum atomic E-state index is -4.22. The lowest BCUT2D eigenvalue weighted by atomic mass is 9.91. The van der Waals surface area contributed by atoms with Gasteiger partial charge in [0.05, 0.1) is 6.42 Å². The summed E-state index contributed by atoms with van der Waals surface area (Å²) in [7, 11) is 0. The molecule has 1 heterocycles. The molecule has 0 aromatic rings. The Balaban J connectivity index is 2.35. The molecule has 1 fully saturated rings. The molecule has 0 bridgehead atoms. The SMILES string of the molecule is CC1CNCC1C(=O)CCC(F)(F)F. The number of hydrogen-bond acceptors (Lipinski definition) is 2. The van der Waals surface area contributed by atoms with Crippen LogP contribution in [0.25, 0.3) is 0 Å². The van der Waals surface area contributed by atoms with E-state index in [1.165, 1.54) is 0 Å². The average molecular weight is 209 g/mol. The number of carbonyl (C=O) groups is 1. The van der Waals surface area contributed by atoms with Gasteiger partial charge in [-0.25, -0.2) is 0 Å². The quantitative estimate of drug-likeness (QED) is 0.767. The minimum absolute atomic E-state index is 0.163. The molecule has 2 nitrogen and oxygen atoms in total. The second-order valence-electron chi connectivity index (χ2n) is 3.82. The molecular weight excluding hydrogens is 195 g/mol. The fourth-order valence-electron chi connectivity index (χ4n) is 1.69. The van der Waals surface area contributed by atoms with Gasteiger partial charge in [0.25, 0.3) is 0 Å². The van der Waals surface area contributed by atoms with Gasteiger partial charge in [0.2, 0.25) is 0 Å². The van der Waals surface area contributed by atoms with Crippen molar-refractivity contribution >= 4 is 5.78 Å². The van der Waals surface area contributed by atoms with Gasteiger partial charge < -0.3 is 5.32 Å². The Hall–Kier alpha value is -0.580. The molecule has 0 spiro atoms. The fraction of sp³-hybridized carbons (Fsp3) is 0.889. The van der Waals surface area contributed by atoms with Crippen LogP contribution in [0.5, 0.6) is 0 Å². The fourth-order valence-corrected chi connectivity index (χ4v) is 1.69. The van der Waals surface area contributed by atoms with Crippen molar-refractivity contribution in [2.75, 3.05) is 13.1 Å². The van der Waals surface area contributed by atoms with Crippen LogP contribution in [0.4, 0.5) is 13.2 Å². The van der Waals surface area contributed by atoms with Crippen molar-refractivity contribution < 1.29 is 18.0 Å². The van der Waals surface area contributed by atoms with E-state index in [4.69, 9.17) is 0 Å². The summed E-state index contributed by atoms with van der Waals surface area (Å²) in [5, 5.41) is 3.00. The molecule has 5 heteroatoms. The number of nitrogens with one attached hydrogen (secondary N) is 1. The third kappa shape index (κ3) is 3.29. The number of rotatable bonds is 3. The van der Waals surface area contributed by atoms with Gasteiger partial charge in [-0.05, 0) is 12.5 Å². The summed E-state index contributed by atoms with van der Waals surface area (Å²) in [6.07, 6.45) is -5.58. The van der Waals surface area contributed by atoms with E-state index in [1.807, 2.05) is 6.92 Å². The number of alkyl halides is 3. The number of hydrogen-bond donors (Lipinski definition) is 1. The molecular formula is C9H14F3NO. The molecule has 0 aromatic heterocycles. The molecule has 2 atom stereocenters. The summed E-state index contributed by atoms with van der Waals surface area (Å²) in [6, 6.07) is 0. The molecule has 1 saturated heterocycles. The van der Waals surface area contributed by atoms with Crippen molar-refractivity contribution in [2.45, 2.75) is 25.9 Å². The maximum absolute atomic E-state index is 11.8. The molecule has 0 aliphatic carbocycles. The van der Waals surface area contributed by atoms with Crippen LogP contribution in [-0.2, 0) is 4.79 Å². The zero-order valence-corrected chi connectivity index (χ0v) is 8.03. The predicted molar refractivity (Wildman–Crippen MR) is 45.8 cm³/mol. The van der Waals surface area contributed by atoms with Crippen molar-refractivity contribution in [3.63, 3.8) is 0 Å². The highest BCUT2D eigenvalue weighted by molar-refractivity contribution is 5.81. The molecule has 2 unspecified atom stereocenters. The average Bonchev–Trinajstić information content (AvgIpc) is 2.46. The maximum Gasteiger partial charge on any atom is 0.389 e. The Kier molecular flexibility index (Phi) is 3.53. The van der Waals surface area contributed by atoms with Crippen LogP contribution in [0.3, 0.4) is 0 Å². The van der Waals surface area contributed by atoms with Crippen LogP contribution in [-0.4, -0.2) is 25.0 Å². The Labute approximate surface area is 80.9 Å². The highest BCUT2D eigenvalue weighted by atomic mass is 19.4. The summed E-state index contributed by atoms with van der Waals surface area (Å²) < 4.78 is 35.5. The highest BCUT2D eigenvalue weighted by Gasteiger charge is 2.33. The van der Waals surface area contributed by atoms with Gasteiger partial charge in [-0.3, -0.25) is 4.79 Å². The van der Waals surface area contributed by atoms with Crippen LogP contribution < -0.4 is 5.32 Å². The summed E-state index contributed by atoms with van der Waals surface area (Å²) in [4.78, 5) is 11.4. The van der Waals surface area contributed by atoms with Gasteiger partial charge in [0.1, 0.15) is 5.78 Å². The van der Waals surface area contributed by atoms with Crippen molar-refractivity contribution in [2.24, 2.45) is 11.8 Å². The molecule has 82 valence electrons. The number of ketones is 1. The van der Waals surface area contributed by atoms with Crippen molar-refractivity contribution in [3.05, 3.63) is 0 Å². The second kappa shape index (κ2) is 4.29. The first kappa shape index (κ1) is 11.5. The van der Waals surface area contributed by atoms with Crippen LogP contribution in [0.2, 0.25) is 0 Å². The third-order valence-corrected chi connectivity index (χ3v) is 2.59. The third-order valence-electron chi connectivity index (χ3n) is 2.59. The topological polar surface area (TPSA) is 29.1 Å². The lowest BCUT2D eigenvalue weighted by Gasteiger charge is -2.13. The van der Waals surface area contributed by atoms with Gasteiger partial charge in [0.15, 0.2) is 0 Å². The van der Waals surface area contributed by atoms with E-state index in [9.17, 15) is 18.0 Å². The smallest absolute Gasteiger partial charge is 0.316 e. The van der Waals surface area contributed by atoms with E-state index in [1.54, 1.807) is 0 Å². The predicted octanol–water partition coefficient (Wildman–Crippen LogP) is 1.75. The molecule has 0 aromatic carbocycles. The standard InChI is InChI=1S/C9H14F3NO/c1-6-4-13-5-7(6)8(14)2-3-9(10,11)12/h6-7,13H,2-5H2,1H3. The van der Waals surface area contributed by atoms with Gasteiger partial charge in [-0.15, -0.1) is 0 Å². The maximum atomic E-state index is 11.8. The molecule has 1 aliphatic rings. The van der Waals surface area contributed by atoms with E-state index in [-0.39, 0.29) is 24.0 Å². The first-order chi connectivity index (χ1) is 6.40. The number of Topliss-reactive ketones (excluding diaryl/α,β-unsaturated/α-hetero) is 1. The zero-order chi connectivity index (χ0) is 10.8. The Morgan fingerprint density at radius 3 is 2.50 bits per heavy atom. The molecule has 0 radical (unpaired) electrons. The summed E-state index contributed by atoms with van der Waals surface area (Å²) >= 11 is 0. The summed E-state index contributed by atoms with van der Waals surface area (Å²) in [5.74, 6) is -0.326. The van der Waals surface area contributed by atoms with Crippen molar-refractivity contribution in [1.29, 1.82) is 0 Å². The zero-order valence-electron chi connectivity index (χ0n) is 8.03. The Morgan fingerprint density at radius 2 is 2.07 bits per heavy atom. The first-order valence-corrected chi connectivity index (χ1v) is 4.70. The highest BCUT2D eigenvalue weighted by Crippen LogP contribution is 2.25. The molecule has 14 heavy (non-hydrogen) atoms. The lowest BCUT2D eigenvalue weighted by molar-refractivity contribution is -0.145. The molecule has 1 rings (SSSR count). The van der Waals surface area contributed by atoms with E-state index in [0.717, 1.165) is 6.54 Å². The molecule has 1 N–H and O–H groups in total. The van der Waals surface area contributed by atoms with Gasteiger partial charge in [0, 0.05) is 18.9 Å². The first-order valence-electron chi connectivity index (χ1n) is 4.70. The minimum Gasteiger partial charge on any atom is -0.316 e. The van der Waals surface area contributed by atoms with Crippen LogP contribution in [0, 0.1) is 11.8 Å². The van der Waals surface area contributed by atoms with Crippen LogP contribution >= 0.6 is 0 Å². The van der Waals surface area contributed by atoms with E-state index in [0.29, 0.717) is 6.54 Å². The van der Waals surface area contributed by atoms with Crippen molar-refractivity contribution in [1.82, 2.24) is 5.32 Å². The van der Waals surface area contributed by atoms with Gasteiger partial charge >= 0.3 is 6.18 Å². The van der Waals surface area contributed by atoms with E-state index in [2.05, 4.69) is 5.32 Å². The molecule has 1 aliphatic heterocycles. The molecule has 0 saturated carbocycles. The number of halogens is 3. The number of carbonyl (C=O) groups excluding carboxylic acids is 1. The van der Waals surface area contributed by atoms with Gasteiger partial charge in [-0.2, -0.15) is 13.2 Å².